The molecule has 0 spiro atoms. The second-order valence-corrected chi connectivity index (χ2v) is 16.1. The number of aromatic nitrogens is 4. The average molecular weight is 923 g/mol. The Kier molecular flexibility index (Phi) is 26.7. The number of rotatable bonds is 38. The molecular weight excluding hydrogens is 857 g/mol. The van der Waals surface area contributed by atoms with Gasteiger partial charge in [0.15, 0.2) is 5.82 Å². The van der Waals surface area contributed by atoms with Crippen molar-refractivity contribution in [1.82, 2.24) is 41.2 Å². The number of fused-ring (bicyclic) bond motifs is 1. The zero-order chi connectivity index (χ0) is 45.5. The van der Waals surface area contributed by atoms with E-state index in [-0.39, 0.29) is 49.4 Å². The van der Waals surface area contributed by atoms with E-state index in [1.165, 1.54) is 0 Å². The number of carboxylic acid groups (broad SMARTS) is 1. The predicted octanol–water partition coefficient (Wildman–Crippen LogP) is 1.06. The van der Waals surface area contributed by atoms with Crippen LogP contribution in [0.15, 0.2) is 24.3 Å². The fourth-order valence-corrected chi connectivity index (χ4v) is 8.04. The van der Waals surface area contributed by atoms with Crippen LogP contribution in [0, 0.1) is 6.92 Å². The van der Waals surface area contributed by atoms with Gasteiger partial charge in [-0.2, -0.15) is 11.8 Å². The number of unbranched alkanes of at least 4 members (excludes halogenated alkanes) is 1. The van der Waals surface area contributed by atoms with Crippen LogP contribution >= 0.6 is 11.8 Å². The van der Waals surface area contributed by atoms with Gasteiger partial charge < -0.3 is 63.9 Å². The van der Waals surface area contributed by atoms with Crippen molar-refractivity contribution in [3.63, 3.8) is 0 Å². The van der Waals surface area contributed by atoms with Crippen molar-refractivity contribution in [1.29, 1.82) is 0 Å². The van der Waals surface area contributed by atoms with Crippen LogP contribution in [0.3, 0.4) is 0 Å². The second-order valence-electron chi connectivity index (χ2n) is 14.8. The number of ether oxygens (including phenoxy) is 8. The molecule has 2 aliphatic rings. The number of carboxylic acids is 1. The number of nitrogens with one attached hydrogen (secondary N) is 3. The highest BCUT2D eigenvalue weighted by Crippen LogP contribution is 2.33. The van der Waals surface area contributed by atoms with Crippen LogP contribution in [0.5, 0.6) is 0 Å². The number of benzene rings is 1. The summed E-state index contributed by atoms with van der Waals surface area (Å²) in [5.41, 5.74) is 1.64. The van der Waals surface area contributed by atoms with E-state index in [1.54, 1.807) is 11.8 Å². The number of carbonyl (C=O) groups excluding carboxylic acids is 3. The summed E-state index contributed by atoms with van der Waals surface area (Å²) >= 11 is 1.87. The largest absolute Gasteiger partial charge is 0.481 e. The quantitative estimate of drug-likeness (QED) is 0.0543. The van der Waals surface area contributed by atoms with Crippen molar-refractivity contribution in [3.05, 3.63) is 35.7 Å². The van der Waals surface area contributed by atoms with E-state index >= 15 is 0 Å². The molecule has 0 saturated carbocycles. The molecular formula is C42H66N8O13S. The molecule has 2 aromatic rings. The van der Waals surface area contributed by atoms with Gasteiger partial charge in [-0.3, -0.25) is 14.4 Å². The molecule has 64 heavy (non-hydrogen) atoms. The normalized spacial score (nSPS) is 16.6. The Morgan fingerprint density at radius 2 is 1.23 bits per heavy atom. The van der Waals surface area contributed by atoms with Crippen molar-refractivity contribution in [2.75, 3.05) is 131 Å². The SMILES string of the molecule is Cc1nnc(-c2ccc(CC(=O)NCCOCCOCCOCCOCCN(CCOCCOCCOCCOCCC(=O)O)C(=O)CCCC[C@H]3SC[C@H]4NC(=O)N[C@H]43)cc2)nn1. The molecule has 0 unspecified atom stereocenters. The number of amides is 4. The number of thioether (sulfide) groups is 1. The summed E-state index contributed by atoms with van der Waals surface area (Å²) in [6, 6.07) is 7.63. The van der Waals surface area contributed by atoms with E-state index in [2.05, 4.69) is 36.3 Å². The zero-order valence-electron chi connectivity index (χ0n) is 36.9. The second kappa shape index (κ2) is 32.5. The molecule has 4 amide bonds. The lowest BCUT2D eigenvalue weighted by Crippen LogP contribution is -2.37. The van der Waals surface area contributed by atoms with Gasteiger partial charge in [-0.05, 0) is 25.3 Å². The number of carbonyl (C=O) groups is 4. The number of aliphatic carboxylic acids is 1. The highest BCUT2D eigenvalue weighted by atomic mass is 32.2. The van der Waals surface area contributed by atoms with Crippen LogP contribution < -0.4 is 16.0 Å². The van der Waals surface area contributed by atoms with Crippen LogP contribution in [0.1, 0.15) is 43.5 Å². The molecule has 1 aromatic carbocycles. The fraction of sp³-hybridized carbons (Fsp3) is 0.714. The summed E-state index contributed by atoms with van der Waals surface area (Å²) < 4.78 is 44.4. The molecule has 0 radical (unpaired) electrons. The maximum absolute atomic E-state index is 13.2. The van der Waals surface area contributed by atoms with Gasteiger partial charge in [0.1, 0.15) is 0 Å². The van der Waals surface area contributed by atoms with E-state index < -0.39 is 5.97 Å². The molecule has 22 heteroatoms. The summed E-state index contributed by atoms with van der Waals surface area (Å²) in [4.78, 5) is 49.5. The Balaban J connectivity index is 0.971. The van der Waals surface area contributed by atoms with Gasteiger partial charge in [0.2, 0.25) is 17.6 Å². The molecule has 358 valence electrons. The first-order valence-corrected chi connectivity index (χ1v) is 23.0. The van der Waals surface area contributed by atoms with Gasteiger partial charge in [0, 0.05) is 42.6 Å². The molecule has 2 saturated heterocycles. The minimum atomic E-state index is -0.897. The summed E-state index contributed by atoms with van der Waals surface area (Å²) in [5.74, 6) is 0.890. The van der Waals surface area contributed by atoms with Crippen LogP contribution in [0.2, 0.25) is 0 Å². The van der Waals surface area contributed by atoms with Gasteiger partial charge in [-0.1, -0.05) is 30.7 Å². The van der Waals surface area contributed by atoms with Crippen LogP contribution in [-0.2, 0) is 58.7 Å². The third-order valence-corrected chi connectivity index (χ3v) is 11.4. The van der Waals surface area contributed by atoms with Crippen molar-refractivity contribution in [3.8, 4) is 11.4 Å². The lowest BCUT2D eigenvalue weighted by Gasteiger charge is -2.23. The molecule has 21 nitrogen and oxygen atoms in total. The van der Waals surface area contributed by atoms with Crippen LogP contribution in [0.4, 0.5) is 4.79 Å². The smallest absolute Gasteiger partial charge is 0.315 e. The zero-order valence-corrected chi connectivity index (χ0v) is 37.7. The standard InChI is InChI=1S/C42H66N8O13S/c1-32-46-48-41(49-47-32)34-8-6-33(7-9-34)30-37(51)43-11-15-57-19-23-61-27-29-63-25-21-59-17-13-50(12-16-58-20-24-62-28-26-60-22-18-56-14-10-39(53)54)38(52)5-3-2-4-36-40-35(31-64-36)44-42(55)45-40/h6-9,35-36,40H,2-5,10-31H2,1H3,(H,43,51)(H,53,54)(H2,44,45,55)/t35-,36-,40-/m1/s1. The minimum Gasteiger partial charge on any atom is -0.481 e. The molecule has 4 rings (SSSR count). The van der Waals surface area contributed by atoms with Crippen molar-refractivity contribution >= 4 is 35.6 Å². The maximum Gasteiger partial charge on any atom is 0.315 e. The predicted molar refractivity (Wildman–Crippen MR) is 234 cm³/mol. The Hall–Kier alpha value is -4.13. The average Bonchev–Trinajstić information content (AvgIpc) is 3.85. The fourth-order valence-electron chi connectivity index (χ4n) is 6.49. The third kappa shape index (κ3) is 22.7. The first kappa shape index (κ1) is 52.5. The van der Waals surface area contributed by atoms with E-state index in [1.807, 2.05) is 36.0 Å². The van der Waals surface area contributed by atoms with E-state index in [9.17, 15) is 19.2 Å². The molecule has 0 aliphatic carbocycles. The number of urea groups is 1. The lowest BCUT2D eigenvalue weighted by atomic mass is 10.0. The van der Waals surface area contributed by atoms with Crippen molar-refractivity contribution in [2.24, 2.45) is 0 Å². The number of aryl methyl sites for hydroxylation is 1. The third-order valence-electron chi connectivity index (χ3n) is 9.85. The lowest BCUT2D eigenvalue weighted by molar-refractivity contribution is -0.138. The molecule has 3 atom stereocenters. The number of nitrogens with zero attached hydrogens (tertiary/aromatic N) is 5. The van der Waals surface area contributed by atoms with Gasteiger partial charge in [-0.25, -0.2) is 4.79 Å². The molecule has 4 N–H and O–H groups in total. The Bertz CT molecular complexity index is 1620. The molecule has 0 bridgehead atoms. The summed E-state index contributed by atoms with van der Waals surface area (Å²) in [5, 5.41) is 33.7. The van der Waals surface area contributed by atoms with Crippen molar-refractivity contribution in [2.45, 2.75) is 62.8 Å². The van der Waals surface area contributed by atoms with E-state index in [0.717, 1.165) is 36.1 Å². The van der Waals surface area contributed by atoms with Crippen LogP contribution in [0.25, 0.3) is 11.4 Å². The van der Waals surface area contributed by atoms with Crippen molar-refractivity contribution < 1.29 is 62.2 Å². The van der Waals surface area contributed by atoms with Gasteiger partial charge in [0.25, 0.3) is 0 Å². The van der Waals surface area contributed by atoms with Gasteiger partial charge in [-0.15, -0.1) is 20.4 Å². The summed E-state index contributed by atoms with van der Waals surface area (Å²) in [6.07, 6.45) is 3.24. The summed E-state index contributed by atoms with van der Waals surface area (Å²) in [7, 11) is 0. The molecule has 2 aliphatic heterocycles. The van der Waals surface area contributed by atoms with E-state index in [0.29, 0.717) is 142 Å². The highest BCUT2D eigenvalue weighted by molar-refractivity contribution is 8.00. The van der Waals surface area contributed by atoms with Crippen LogP contribution in [-0.4, -0.2) is 203 Å². The molecule has 2 fully saturated rings. The first-order chi connectivity index (χ1) is 31.3. The number of hydrogen-bond acceptors (Lipinski definition) is 17. The maximum atomic E-state index is 13.2. The Morgan fingerprint density at radius 3 is 1.80 bits per heavy atom. The Labute approximate surface area is 379 Å². The topological polar surface area (TPSA) is 253 Å². The number of hydrogen-bond donors (Lipinski definition) is 4. The monoisotopic (exact) mass is 922 g/mol. The first-order valence-electron chi connectivity index (χ1n) is 22.0. The summed E-state index contributed by atoms with van der Waals surface area (Å²) in [6.45, 7) is 8.80. The van der Waals surface area contributed by atoms with Gasteiger partial charge in [0.05, 0.1) is 131 Å². The van der Waals surface area contributed by atoms with Gasteiger partial charge >= 0.3 is 12.0 Å². The Morgan fingerprint density at radius 1 is 0.703 bits per heavy atom. The molecule has 1 aromatic heterocycles. The highest BCUT2D eigenvalue weighted by Gasteiger charge is 2.42. The molecule has 3 heterocycles. The van der Waals surface area contributed by atoms with E-state index in [4.69, 9.17) is 43.0 Å². The minimum absolute atomic E-state index is 0.0335.